The van der Waals surface area contributed by atoms with E-state index in [-0.39, 0.29) is 16.7 Å². The second kappa shape index (κ2) is 8.42. The smallest absolute Gasteiger partial charge is 0.229 e. The highest BCUT2D eigenvalue weighted by Crippen LogP contribution is 2.42. The zero-order valence-corrected chi connectivity index (χ0v) is 16.7. The first-order valence-corrected chi connectivity index (χ1v) is 9.64. The van der Waals surface area contributed by atoms with E-state index < -0.39 is 77.1 Å². The molecule has 33 heavy (non-hydrogen) atoms. The number of hydrogen-bond acceptors (Lipinski definition) is 12. The number of rotatable bonds is 4. The highest BCUT2D eigenvalue weighted by molar-refractivity contribution is 5.91. The molecule has 0 aliphatic carbocycles. The van der Waals surface area contributed by atoms with Crippen molar-refractivity contribution in [2.45, 2.75) is 30.7 Å². The van der Waals surface area contributed by atoms with Crippen LogP contribution in [0.15, 0.2) is 39.5 Å². The van der Waals surface area contributed by atoms with Crippen molar-refractivity contribution >= 4 is 11.0 Å². The van der Waals surface area contributed by atoms with Gasteiger partial charge in [0.2, 0.25) is 12.0 Å². The predicted octanol–water partition coefficient (Wildman–Crippen LogP) is -0.539. The standard InChI is InChI=1S/C21H20O12/c22-6-14-16(28)17(29)18(30)21(32-14)33-19-12(27)4-10(25)15-11(26)5-13(31-20(15)19)7-1-2-8(23)9(24)3-7/h1-5,14,16-18,21-25,27-30H,6H2/t14-,16+,17-,18+,21+/m0/s1. The Balaban J connectivity index is 1.85. The average Bonchev–Trinajstić information content (AvgIpc) is 2.77. The Labute approximate surface area is 184 Å². The van der Waals surface area contributed by atoms with Crippen LogP contribution in [0.5, 0.6) is 28.7 Å². The van der Waals surface area contributed by atoms with Crippen molar-refractivity contribution in [2.75, 3.05) is 6.61 Å². The van der Waals surface area contributed by atoms with Crippen LogP contribution in [0.4, 0.5) is 0 Å². The molecule has 0 saturated carbocycles. The normalized spacial score (nSPS) is 25.3. The largest absolute Gasteiger partial charge is 0.507 e. The Bertz CT molecular complexity index is 1250. The number of ether oxygens (including phenoxy) is 2. The third-order valence-electron chi connectivity index (χ3n) is 5.26. The molecule has 4 rings (SSSR count). The lowest BCUT2D eigenvalue weighted by Crippen LogP contribution is -2.60. The molecule has 0 radical (unpaired) electrons. The van der Waals surface area contributed by atoms with Gasteiger partial charge in [0, 0.05) is 17.7 Å². The van der Waals surface area contributed by atoms with E-state index in [1.165, 1.54) is 6.07 Å². The van der Waals surface area contributed by atoms with E-state index in [9.17, 15) is 45.6 Å². The molecular weight excluding hydrogens is 444 g/mol. The van der Waals surface area contributed by atoms with Crippen molar-refractivity contribution in [2.24, 2.45) is 0 Å². The van der Waals surface area contributed by atoms with Gasteiger partial charge in [-0.15, -0.1) is 0 Å². The maximum atomic E-state index is 12.7. The second-order valence-corrected chi connectivity index (χ2v) is 7.44. The van der Waals surface area contributed by atoms with Gasteiger partial charge in [0.05, 0.1) is 6.61 Å². The molecule has 8 N–H and O–H groups in total. The minimum atomic E-state index is -1.82. The number of hydrogen-bond donors (Lipinski definition) is 8. The summed E-state index contributed by atoms with van der Waals surface area (Å²) in [4.78, 5) is 12.7. The molecule has 0 amide bonds. The van der Waals surface area contributed by atoms with Gasteiger partial charge in [-0.25, -0.2) is 0 Å². The van der Waals surface area contributed by atoms with E-state index >= 15 is 0 Å². The molecular formula is C21H20O12. The maximum Gasteiger partial charge on any atom is 0.229 e. The fourth-order valence-electron chi connectivity index (χ4n) is 3.49. The van der Waals surface area contributed by atoms with Gasteiger partial charge in [0.1, 0.15) is 41.3 Å². The fourth-order valence-corrected chi connectivity index (χ4v) is 3.49. The van der Waals surface area contributed by atoms with Gasteiger partial charge in [-0.2, -0.15) is 0 Å². The quantitative estimate of drug-likeness (QED) is 0.229. The summed E-state index contributed by atoms with van der Waals surface area (Å²) in [6.07, 6.45) is -8.27. The SMILES string of the molecule is O=c1cc(-c2ccc(O)c(O)c2)oc2c(O[C@H]3O[C@@H](CO)[C@@H](O)[C@H](O)[C@H]3O)c(O)cc(O)c12. The molecule has 1 saturated heterocycles. The first-order valence-electron chi connectivity index (χ1n) is 9.64. The lowest BCUT2D eigenvalue weighted by molar-refractivity contribution is -0.277. The zero-order valence-electron chi connectivity index (χ0n) is 16.7. The second-order valence-electron chi connectivity index (χ2n) is 7.44. The number of aromatic hydroxyl groups is 4. The van der Waals surface area contributed by atoms with Crippen LogP contribution in [-0.4, -0.2) is 78.2 Å². The number of fused-ring (bicyclic) bond motifs is 1. The van der Waals surface area contributed by atoms with Crippen LogP contribution < -0.4 is 10.2 Å². The van der Waals surface area contributed by atoms with Crippen LogP contribution in [0, 0.1) is 0 Å². The number of benzene rings is 2. The van der Waals surface area contributed by atoms with Gasteiger partial charge in [-0.05, 0) is 18.2 Å². The summed E-state index contributed by atoms with van der Waals surface area (Å²) in [5, 5.41) is 78.8. The molecule has 176 valence electrons. The van der Waals surface area contributed by atoms with Gasteiger partial charge >= 0.3 is 0 Å². The molecule has 12 heteroatoms. The first-order chi connectivity index (χ1) is 15.6. The summed E-state index contributed by atoms with van der Waals surface area (Å²) in [5.74, 6) is -2.94. The highest BCUT2D eigenvalue weighted by Gasteiger charge is 2.45. The van der Waals surface area contributed by atoms with Gasteiger partial charge in [-0.1, -0.05) is 0 Å². The molecule has 1 fully saturated rings. The van der Waals surface area contributed by atoms with Crippen molar-refractivity contribution in [3.8, 4) is 40.1 Å². The molecule has 1 aromatic heterocycles. The summed E-state index contributed by atoms with van der Waals surface area (Å²) in [5.41, 5.74) is -1.06. The maximum absolute atomic E-state index is 12.7. The Morgan fingerprint density at radius 3 is 2.24 bits per heavy atom. The molecule has 5 atom stereocenters. The third kappa shape index (κ3) is 3.90. The molecule has 0 spiro atoms. The first kappa shape index (κ1) is 22.6. The van der Waals surface area contributed by atoms with Gasteiger partial charge in [0.15, 0.2) is 28.3 Å². The number of aliphatic hydroxyl groups is 4. The Kier molecular flexibility index (Phi) is 5.78. The van der Waals surface area contributed by atoms with E-state index in [0.29, 0.717) is 0 Å². The summed E-state index contributed by atoms with van der Waals surface area (Å²) in [6, 6.07) is 5.40. The summed E-state index contributed by atoms with van der Waals surface area (Å²) < 4.78 is 16.4. The average molecular weight is 464 g/mol. The van der Waals surface area contributed by atoms with Crippen molar-refractivity contribution < 1.29 is 54.7 Å². The van der Waals surface area contributed by atoms with Crippen molar-refractivity contribution in [3.63, 3.8) is 0 Å². The van der Waals surface area contributed by atoms with Crippen LogP contribution in [0.25, 0.3) is 22.3 Å². The number of aliphatic hydroxyl groups excluding tert-OH is 4. The molecule has 1 aliphatic rings. The Morgan fingerprint density at radius 1 is 0.848 bits per heavy atom. The van der Waals surface area contributed by atoms with Gasteiger partial charge in [0.25, 0.3) is 0 Å². The number of phenols is 4. The van der Waals surface area contributed by atoms with E-state index in [1.54, 1.807) is 0 Å². The minimum absolute atomic E-state index is 0.133. The fraction of sp³-hybridized carbons (Fsp3) is 0.286. The molecule has 2 aromatic carbocycles. The molecule has 1 aliphatic heterocycles. The van der Waals surface area contributed by atoms with Crippen LogP contribution in [0.1, 0.15) is 0 Å². The van der Waals surface area contributed by atoms with Crippen LogP contribution in [-0.2, 0) is 4.74 Å². The predicted molar refractivity (Wildman–Crippen MR) is 109 cm³/mol. The van der Waals surface area contributed by atoms with Gasteiger partial charge < -0.3 is 54.7 Å². The van der Waals surface area contributed by atoms with Crippen molar-refractivity contribution in [1.82, 2.24) is 0 Å². The van der Waals surface area contributed by atoms with Crippen LogP contribution in [0.2, 0.25) is 0 Å². The lowest BCUT2D eigenvalue weighted by atomic mass is 9.99. The lowest BCUT2D eigenvalue weighted by Gasteiger charge is -2.39. The molecule has 2 heterocycles. The summed E-state index contributed by atoms with van der Waals surface area (Å²) >= 11 is 0. The topological polar surface area (TPSA) is 211 Å². The molecule has 0 unspecified atom stereocenters. The highest BCUT2D eigenvalue weighted by atomic mass is 16.7. The van der Waals surface area contributed by atoms with E-state index in [2.05, 4.69) is 0 Å². The zero-order chi connectivity index (χ0) is 24.0. The molecule has 0 bridgehead atoms. The summed E-state index contributed by atoms with van der Waals surface area (Å²) in [6.45, 7) is -0.726. The summed E-state index contributed by atoms with van der Waals surface area (Å²) in [7, 11) is 0. The minimum Gasteiger partial charge on any atom is -0.507 e. The monoisotopic (exact) mass is 464 g/mol. The Morgan fingerprint density at radius 2 is 1.58 bits per heavy atom. The van der Waals surface area contributed by atoms with Crippen LogP contribution >= 0.6 is 0 Å². The number of phenolic OH excluding ortho intramolecular Hbond substituents is 4. The van der Waals surface area contributed by atoms with E-state index in [1.807, 2.05) is 0 Å². The molecule has 3 aromatic rings. The van der Waals surface area contributed by atoms with Gasteiger partial charge in [-0.3, -0.25) is 4.79 Å². The third-order valence-corrected chi connectivity index (χ3v) is 5.26. The van der Waals surface area contributed by atoms with Crippen LogP contribution in [0.3, 0.4) is 0 Å². The molecule has 12 nitrogen and oxygen atoms in total. The Hall–Kier alpha value is -3.55. The van der Waals surface area contributed by atoms with E-state index in [0.717, 1.165) is 24.3 Å². The van der Waals surface area contributed by atoms with Crippen molar-refractivity contribution in [1.29, 1.82) is 0 Å². The van der Waals surface area contributed by atoms with E-state index in [4.69, 9.17) is 13.9 Å². The van der Waals surface area contributed by atoms with Crippen molar-refractivity contribution in [3.05, 3.63) is 40.6 Å².